The van der Waals surface area contributed by atoms with Crippen LogP contribution in [0.4, 0.5) is 0 Å². The fourth-order valence-corrected chi connectivity index (χ4v) is 3.81. The SMILES string of the molecule is COc1ccc2cc(C3=CC4CCC(C3)N4C)ccc2c1.Cl. The van der Waals surface area contributed by atoms with Gasteiger partial charge in [-0.25, -0.2) is 0 Å². The van der Waals surface area contributed by atoms with Crippen molar-refractivity contribution in [3.8, 4) is 5.75 Å². The number of methoxy groups -OCH3 is 1. The minimum Gasteiger partial charge on any atom is -0.497 e. The van der Waals surface area contributed by atoms with Crippen molar-refractivity contribution in [2.75, 3.05) is 14.2 Å². The Kier molecular flexibility index (Phi) is 4.16. The molecular formula is C19H22ClNO. The first-order chi connectivity index (χ1) is 10.2. The molecule has 3 heteroatoms. The van der Waals surface area contributed by atoms with E-state index in [0.717, 1.165) is 11.8 Å². The summed E-state index contributed by atoms with van der Waals surface area (Å²) in [5, 5.41) is 2.54. The van der Waals surface area contributed by atoms with Crippen molar-refractivity contribution in [1.29, 1.82) is 0 Å². The Morgan fingerprint density at radius 1 is 1.05 bits per heavy atom. The van der Waals surface area contributed by atoms with Gasteiger partial charge in [-0.1, -0.05) is 24.3 Å². The van der Waals surface area contributed by atoms with Crippen LogP contribution in [0.25, 0.3) is 16.3 Å². The Morgan fingerprint density at radius 2 is 1.82 bits per heavy atom. The van der Waals surface area contributed by atoms with Gasteiger partial charge in [0, 0.05) is 12.1 Å². The average Bonchev–Trinajstić information content (AvgIpc) is 2.75. The second-order valence-electron chi connectivity index (χ2n) is 6.29. The maximum atomic E-state index is 5.30. The van der Waals surface area contributed by atoms with Crippen LogP contribution in [0.3, 0.4) is 0 Å². The summed E-state index contributed by atoms with van der Waals surface area (Å²) in [4.78, 5) is 2.54. The molecule has 2 unspecified atom stereocenters. The summed E-state index contributed by atoms with van der Waals surface area (Å²) < 4.78 is 5.30. The van der Waals surface area contributed by atoms with Gasteiger partial charge in [-0.05, 0) is 66.4 Å². The minimum atomic E-state index is 0. The first-order valence-electron chi connectivity index (χ1n) is 7.75. The molecule has 0 saturated carbocycles. The van der Waals surface area contributed by atoms with Crippen LogP contribution in [-0.4, -0.2) is 31.1 Å². The lowest BCUT2D eigenvalue weighted by molar-refractivity contribution is 0.264. The van der Waals surface area contributed by atoms with Gasteiger partial charge in [0.2, 0.25) is 0 Å². The van der Waals surface area contributed by atoms with Crippen molar-refractivity contribution in [2.45, 2.75) is 31.3 Å². The number of ether oxygens (including phenoxy) is 1. The molecule has 0 N–H and O–H groups in total. The smallest absolute Gasteiger partial charge is 0.119 e. The highest BCUT2D eigenvalue weighted by molar-refractivity contribution is 5.87. The van der Waals surface area contributed by atoms with E-state index in [2.05, 4.69) is 48.4 Å². The maximum Gasteiger partial charge on any atom is 0.119 e. The third kappa shape index (κ3) is 2.51. The van der Waals surface area contributed by atoms with Crippen LogP contribution >= 0.6 is 12.4 Å². The molecule has 22 heavy (non-hydrogen) atoms. The Bertz CT molecular complexity index is 724. The molecule has 116 valence electrons. The Morgan fingerprint density at radius 3 is 2.59 bits per heavy atom. The van der Waals surface area contributed by atoms with Crippen molar-refractivity contribution in [3.05, 3.63) is 48.0 Å². The lowest BCUT2D eigenvalue weighted by Gasteiger charge is -2.30. The number of benzene rings is 2. The molecule has 0 spiro atoms. The molecule has 2 heterocycles. The van der Waals surface area contributed by atoms with Crippen LogP contribution in [0.15, 0.2) is 42.5 Å². The first-order valence-corrected chi connectivity index (χ1v) is 7.75. The van der Waals surface area contributed by atoms with Crippen LogP contribution in [0.2, 0.25) is 0 Å². The third-order valence-electron chi connectivity index (χ3n) is 5.16. The molecule has 2 aliphatic heterocycles. The summed E-state index contributed by atoms with van der Waals surface area (Å²) in [6.45, 7) is 0. The summed E-state index contributed by atoms with van der Waals surface area (Å²) in [6, 6.07) is 14.5. The predicted molar refractivity (Wildman–Crippen MR) is 94.9 cm³/mol. The number of likely N-dealkylation sites (N-methyl/N-ethyl adjacent to an activating group) is 1. The molecule has 2 aromatic rings. The van der Waals surface area contributed by atoms with Gasteiger partial charge < -0.3 is 4.74 Å². The van der Waals surface area contributed by atoms with E-state index in [1.165, 1.54) is 41.2 Å². The minimum absolute atomic E-state index is 0. The van der Waals surface area contributed by atoms with Gasteiger partial charge in [-0.15, -0.1) is 12.4 Å². The number of fused-ring (bicyclic) bond motifs is 3. The molecule has 0 aliphatic carbocycles. The molecule has 0 amide bonds. The first kappa shape index (κ1) is 15.4. The molecule has 2 aromatic carbocycles. The summed E-state index contributed by atoms with van der Waals surface area (Å²) in [6.07, 6.45) is 6.32. The van der Waals surface area contributed by atoms with E-state index in [1.807, 2.05) is 6.07 Å². The van der Waals surface area contributed by atoms with Gasteiger partial charge >= 0.3 is 0 Å². The highest BCUT2D eigenvalue weighted by atomic mass is 35.5. The molecule has 1 saturated heterocycles. The van der Waals surface area contributed by atoms with Crippen LogP contribution in [-0.2, 0) is 0 Å². The number of halogens is 1. The van der Waals surface area contributed by atoms with Crippen LogP contribution in [0, 0.1) is 0 Å². The van der Waals surface area contributed by atoms with Crippen molar-refractivity contribution in [3.63, 3.8) is 0 Å². The second kappa shape index (κ2) is 5.94. The topological polar surface area (TPSA) is 12.5 Å². The van der Waals surface area contributed by atoms with Crippen LogP contribution in [0.1, 0.15) is 24.8 Å². The van der Waals surface area contributed by atoms with Gasteiger partial charge in [-0.3, -0.25) is 4.90 Å². The maximum absolute atomic E-state index is 5.30. The normalized spacial score (nSPS) is 24.0. The van der Waals surface area contributed by atoms with Gasteiger partial charge in [0.1, 0.15) is 5.75 Å². The number of hydrogen-bond donors (Lipinski definition) is 0. The van der Waals surface area contributed by atoms with Gasteiger partial charge in [-0.2, -0.15) is 0 Å². The zero-order valence-corrected chi connectivity index (χ0v) is 13.9. The van der Waals surface area contributed by atoms with Crippen LogP contribution in [0.5, 0.6) is 5.75 Å². The Balaban J connectivity index is 0.00000144. The predicted octanol–water partition coefficient (Wildman–Crippen LogP) is 4.52. The number of hydrogen-bond acceptors (Lipinski definition) is 2. The molecule has 1 fully saturated rings. The van der Waals surface area contributed by atoms with Gasteiger partial charge in [0.25, 0.3) is 0 Å². The van der Waals surface area contributed by atoms with Gasteiger partial charge in [0.05, 0.1) is 7.11 Å². The standard InChI is InChI=1S/C19H21NO.ClH/c1-20-17-6-7-18(20)11-16(10-17)14-3-4-15-12-19(21-2)8-5-13(15)9-14;/h3-5,8-10,12,17-18H,6-7,11H2,1-2H3;1H. The van der Waals surface area contributed by atoms with Crippen LogP contribution < -0.4 is 4.74 Å². The highest BCUT2D eigenvalue weighted by Gasteiger charge is 2.33. The number of nitrogens with zero attached hydrogens (tertiary/aromatic N) is 1. The zero-order chi connectivity index (χ0) is 14.4. The van der Waals surface area contributed by atoms with Crippen molar-refractivity contribution < 1.29 is 4.74 Å². The van der Waals surface area contributed by atoms with E-state index in [0.29, 0.717) is 6.04 Å². The summed E-state index contributed by atoms with van der Waals surface area (Å²) in [5.74, 6) is 0.923. The fraction of sp³-hybridized carbons (Fsp3) is 0.368. The van der Waals surface area contributed by atoms with E-state index < -0.39 is 0 Å². The second-order valence-corrected chi connectivity index (χ2v) is 6.29. The lowest BCUT2D eigenvalue weighted by atomic mass is 9.93. The van der Waals surface area contributed by atoms with E-state index in [1.54, 1.807) is 7.11 Å². The molecule has 2 atom stereocenters. The fourth-order valence-electron chi connectivity index (χ4n) is 3.81. The quantitative estimate of drug-likeness (QED) is 0.808. The number of rotatable bonds is 2. The lowest BCUT2D eigenvalue weighted by Crippen LogP contribution is -2.34. The molecule has 0 radical (unpaired) electrons. The summed E-state index contributed by atoms with van der Waals surface area (Å²) in [7, 11) is 3.98. The molecule has 0 aromatic heterocycles. The average molecular weight is 316 g/mol. The van der Waals surface area contributed by atoms with E-state index in [4.69, 9.17) is 4.74 Å². The summed E-state index contributed by atoms with van der Waals surface area (Å²) >= 11 is 0. The van der Waals surface area contributed by atoms with Crippen molar-refractivity contribution >= 4 is 28.8 Å². The van der Waals surface area contributed by atoms with Crippen molar-refractivity contribution in [2.24, 2.45) is 0 Å². The highest BCUT2D eigenvalue weighted by Crippen LogP contribution is 2.38. The Hall–Kier alpha value is -1.51. The molecule has 2 bridgehead atoms. The summed E-state index contributed by atoms with van der Waals surface area (Å²) in [5.41, 5.74) is 2.91. The zero-order valence-electron chi connectivity index (χ0n) is 13.1. The molecule has 2 aliphatic rings. The molecule has 4 rings (SSSR count). The van der Waals surface area contributed by atoms with Gasteiger partial charge in [0.15, 0.2) is 0 Å². The monoisotopic (exact) mass is 315 g/mol. The van der Waals surface area contributed by atoms with E-state index in [9.17, 15) is 0 Å². The van der Waals surface area contributed by atoms with Crippen molar-refractivity contribution in [1.82, 2.24) is 4.90 Å². The molecule has 2 nitrogen and oxygen atoms in total. The largest absolute Gasteiger partial charge is 0.497 e. The third-order valence-corrected chi connectivity index (χ3v) is 5.16. The van der Waals surface area contributed by atoms with E-state index >= 15 is 0 Å². The molecular weight excluding hydrogens is 294 g/mol. The Labute approximate surface area is 138 Å². The van der Waals surface area contributed by atoms with E-state index in [-0.39, 0.29) is 12.4 Å².